The van der Waals surface area contributed by atoms with Crippen LogP contribution < -0.4 is 10.1 Å². The first-order valence-electron chi connectivity index (χ1n) is 5.34. The Balaban J connectivity index is 1.84. The zero-order valence-corrected chi connectivity index (χ0v) is 9.00. The number of hydrogen-bond acceptors (Lipinski definition) is 4. The Bertz CT molecular complexity index is 362. The maximum atomic E-state index is 11.8. The zero-order valence-electron chi connectivity index (χ0n) is 9.00. The summed E-state index contributed by atoms with van der Waals surface area (Å²) in [6, 6.07) is 0. The SMILES string of the molecule is FC(F)(F)Oc1cnc(NCC2CCC2)cn1. The number of ether oxygens (including phenoxy) is 1. The molecule has 1 fully saturated rings. The van der Waals surface area contributed by atoms with Gasteiger partial charge >= 0.3 is 6.36 Å². The zero-order chi connectivity index (χ0) is 12.3. The molecule has 0 radical (unpaired) electrons. The molecule has 0 aliphatic heterocycles. The van der Waals surface area contributed by atoms with E-state index in [-0.39, 0.29) is 0 Å². The number of aromatic nitrogens is 2. The molecule has 1 N–H and O–H groups in total. The second kappa shape index (κ2) is 4.77. The topological polar surface area (TPSA) is 47.0 Å². The van der Waals surface area contributed by atoms with Gasteiger partial charge in [-0.3, -0.25) is 0 Å². The van der Waals surface area contributed by atoms with Crippen LogP contribution >= 0.6 is 0 Å². The van der Waals surface area contributed by atoms with Crippen LogP contribution in [0.5, 0.6) is 5.88 Å². The van der Waals surface area contributed by atoms with Crippen LogP contribution in [0.1, 0.15) is 19.3 Å². The fourth-order valence-corrected chi connectivity index (χ4v) is 1.52. The number of rotatable bonds is 4. The largest absolute Gasteiger partial charge is 0.574 e. The normalized spacial score (nSPS) is 16.4. The summed E-state index contributed by atoms with van der Waals surface area (Å²) in [5.41, 5.74) is 0. The molecule has 1 aliphatic carbocycles. The smallest absolute Gasteiger partial charge is 0.386 e. The van der Waals surface area contributed by atoms with E-state index in [1.54, 1.807) is 0 Å². The van der Waals surface area contributed by atoms with Crippen molar-refractivity contribution < 1.29 is 17.9 Å². The van der Waals surface area contributed by atoms with Crippen molar-refractivity contribution in [1.29, 1.82) is 0 Å². The predicted molar refractivity (Wildman–Crippen MR) is 54.5 cm³/mol. The molecular weight excluding hydrogens is 235 g/mol. The van der Waals surface area contributed by atoms with Gasteiger partial charge in [0.25, 0.3) is 0 Å². The first-order valence-corrected chi connectivity index (χ1v) is 5.34. The van der Waals surface area contributed by atoms with Crippen LogP contribution in [-0.4, -0.2) is 22.9 Å². The summed E-state index contributed by atoms with van der Waals surface area (Å²) in [6.07, 6.45) is 1.09. The first-order chi connectivity index (χ1) is 8.03. The van der Waals surface area contributed by atoms with Crippen LogP contribution in [0.4, 0.5) is 19.0 Å². The molecule has 4 nitrogen and oxygen atoms in total. The molecule has 1 heterocycles. The van der Waals surface area contributed by atoms with Crippen molar-refractivity contribution in [3.63, 3.8) is 0 Å². The first kappa shape index (κ1) is 11.9. The lowest BCUT2D eigenvalue weighted by atomic mass is 9.85. The summed E-state index contributed by atoms with van der Waals surface area (Å²) in [5.74, 6) is 0.557. The van der Waals surface area contributed by atoms with Crippen molar-refractivity contribution in [2.75, 3.05) is 11.9 Å². The van der Waals surface area contributed by atoms with Crippen molar-refractivity contribution in [3.8, 4) is 5.88 Å². The molecule has 0 saturated heterocycles. The van der Waals surface area contributed by atoms with E-state index < -0.39 is 12.2 Å². The molecule has 0 amide bonds. The Morgan fingerprint density at radius 2 is 2.06 bits per heavy atom. The summed E-state index contributed by atoms with van der Waals surface area (Å²) >= 11 is 0. The van der Waals surface area contributed by atoms with Crippen molar-refractivity contribution >= 4 is 5.82 Å². The molecule has 0 bridgehead atoms. The van der Waals surface area contributed by atoms with Crippen molar-refractivity contribution in [2.24, 2.45) is 5.92 Å². The number of nitrogens with zero attached hydrogens (tertiary/aromatic N) is 2. The van der Waals surface area contributed by atoms with Crippen LogP contribution in [-0.2, 0) is 0 Å². The van der Waals surface area contributed by atoms with Crippen molar-refractivity contribution in [3.05, 3.63) is 12.4 Å². The number of hydrogen-bond donors (Lipinski definition) is 1. The minimum atomic E-state index is -4.73. The Labute approximate surface area is 96.2 Å². The summed E-state index contributed by atoms with van der Waals surface area (Å²) in [7, 11) is 0. The number of anilines is 1. The van der Waals surface area contributed by atoms with Gasteiger partial charge in [0.1, 0.15) is 5.82 Å². The van der Waals surface area contributed by atoms with E-state index in [0.717, 1.165) is 12.7 Å². The van der Waals surface area contributed by atoms with Gasteiger partial charge in [-0.1, -0.05) is 6.42 Å². The third kappa shape index (κ3) is 3.76. The van der Waals surface area contributed by atoms with Gasteiger partial charge in [0.15, 0.2) is 0 Å². The maximum absolute atomic E-state index is 11.8. The van der Waals surface area contributed by atoms with E-state index in [4.69, 9.17) is 0 Å². The van der Waals surface area contributed by atoms with E-state index in [9.17, 15) is 13.2 Å². The molecular formula is C10H12F3N3O. The summed E-state index contributed by atoms with van der Waals surface area (Å²) < 4.78 is 39.1. The molecule has 0 aromatic carbocycles. The monoisotopic (exact) mass is 247 g/mol. The van der Waals surface area contributed by atoms with Crippen LogP contribution in [0.2, 0.25) is 0 Å². The van der Waals surface area contributed by atoms with E-state index >= 15 is 0 Å². The van der Waals surface area contributed by atoms with Gasteiger partial charge in [-0.25, -0.2) is 9.97 Å². The lowest BCUT2D eigenvalue weighted by Gasteiger charge is -2.25. The van der Waals surface area contributed by atoms with E-state index in [1.807, 2.05) is 0 Å². The van der Waals surface area contributed by atoms with E-state index in [0.29, 0.717) is 11.7 Å². The van der Waals surface area contributed by atoms with Gasteiger partial charge in [0, 0.05) is 6.54 Å². The molecule has 1 aliphatic rings. The number of nitrogens with one attached hydrogen (secondary N) is 1. The average Bonchev–Trinajstić information content (AvgIpc) is 2.16. The van der Waals surface area contributed by atoms with Crippen LogP contribution in [0.25, 0.3) is 0 Å². The summed E-state index contributed by atoms with van der Waals surface area (Å²) in [4.78, 5) is 7.31. The molecule has 94 valence electrons. The third-order valence-electron chi connectivity index (χ3n) is 2.65. The predicted octanol–water partition coefficient (Wildman–Crippen LogP) is 2.59. The lowest BCUT2D eigenvalue weighted by Crippen LogP contribution is -2.21. The minimum absolute atomic E-state index is 0.464. The van der Waals surface area contributed by atoms with E-state index in [2.05, 4.69) is 20.0 Å². The highest BCUT2D eigenvalue weighted by Crippen LogP contribution is 2.26. The Morgan fingerprint density at radius 3 is 2.53 bits per heavy atom. The Morgan fingerprint density at radius 1 is 1.29 bits per heavy atom. The van der Waals surface area contributed by atoms with Crippen LogP contribution in [0, 0.1) is 5.92 Å². The van der Waals surface area contributed by atoms with Gasteiger partial charge in [0.2, 0.25) is 5.88 Å². The molecule has 1 aromatic rings. The highest BCUT2D eigenvalue weighted by atomic mass is 19.4. The maximum Gasteiger partial charge on any atom is 0.574 e. The molecule has 7 heteroatoms. The van der Waals surface area contributed by atoms with Gasteiger partial charge in [-0.15, -0.1) is 13.2 Å². The van der Waals surface area contributed by atoms with Crippen LogP contribution in [0.15, 0.2) is 12.4 Å². The molecule has 1 aromatic heterocycles. The number of halogens is 3. The Kier molecular flexibility index (Phi) is 3.35. The van der Waals surface area contributed by atoms with Gasteiger partial charge in [-0.2, -0.15) is 0 Å². The fraction of sp³-hybridized carbons (Fsp3) is 0.600. The van der Waals surface area contributed by atoms with Gasteiger partial charge in [0.05, 0.1) is 12.4 Å². The van der Waals surface area contributed by atoms with E-state index in [1.165, 1.54) is 25.5 Å². The Hall–Kier alpha value is -1.53. The second-order valence-corrected chi connectivity index (χ2v) is 3.97. The molecule has 0 atom stereocenters. The molecule has 1 saturated carbocycles. The number of alkyl halides is 3. The van der Waals surface area contributed by atoms with Crippen molar-refractivity contribution in [1.82, 2.24) is 9.97 Å². The second-order valence-electron chi connectivity index (χ2n) is 3.97. The van der Waals surface area contributed by atoms with Gasteiger partial charge in [-0.05, 0) is 18.8 Å². The third-order valence-corrected chi connectivity index (χ3v) is 2.65. The standard InChI is InChI=1S/C10H12F3N3O/c11-10(12,13)17-9-6-15-8(5-16-9)14-4-7-2-1-3-7/h5-7H,1-4H2,(H,14,15). The quantitative estimate of drug-likeness (QED) is 0.888. The van der Waals surface area contributed by atoms with Crippen molar-refractivity contribution in [2.45, 2.75) is 25.6 Å². The molecule has 2 rings (SSSR count). The average molecular weight is 247 g/mol. The fourth-order valence-electron chi connectivity index (χ4n) is 1.52. The van der Waals surface area contributed by atoms with Crippen LogP contribution in [0.3, 0.4) is 0 Å². The summed E-state index contributed by atoms with van der Waals surface area (Å²) in [5, 5.41) is 3.03. The molecule has 0 unspecified atom stereocenters. The molecule has 17 heavy (non-hydrogen) atoms. The highest BCUT2D eigenvalue weighted by Gasteiger charge is 2.31. The lowest BCUT2D eigenvalue weighted by molar-refractivity contribution is -0.276. The van der Waals surface area contributed by atoms with Gasteiger partial charge < -0.3 is 10.1 Å². The highest BCUT2D eigenvalue weighted by molar-refractivity contribution is 5.32. The molecule has 0 spiro atoms. The minimum Gasteiger partial charge on any atom is -0.386 e. The summed E-state index contributed by atoms with van der Waals surface area (Å²) in [6.45, 7) is 0.786.